The third-order valence-electron chi connectivity index (χ3n) is 3.02. The van der Waals surface area contributed by atoms with Gasteiger partial charge < -0.3 is 14.8 Å². The fourth-order valence-corrected chi connectivity index (χ4v) is 2.13. The summed E-state index contributed by atoms with van der Waals surface area (Å²) < 4.78 is 12.0. The van der Waals surface area contributed by atoms with Crippen molar-refractivity contribution in [1.29, 1.82) is 0 Å². The van der Waals surface area contributed by atoms with Crippen LogP contribution in [0, 0.1) is 6.92 Å². The molecule has 0 aliphatic carbocycles. The Balaban J connectivity index is 1.94. The van der Waals surface area contributed by atoms with Gasteiger partial charge in [0.1, 0.15) is 18.1 Å². The van der Waals surface area contributed by atoms with E-state index in [1.165, 1.54) is 0 Å². The quantitative estimate of drug-likeness (QED) is 0.732. The smallest absolute Gasteiger partial charge is 0.262 e. The molecular weight excluding hydrogens is 358 g/mol. The fourth-order valence-electron chi connectivity index (χ4n) is 1.89. The molecule has 2 aromatic rings. The lowest BCUT2D eigenvalue weighted by molar-refractivity contribution is -0.118. The number of para-hydroxylation sites is 2. The van der Waals surface area contributed by atoms with E-state index in [2.05, 4.69) is 27.8 Å². The number of nitrogens with one attached hydrogen (secondary N) is 1. The first kappa shape index (κ1) is 17.1. The molecule has 0 aromatic heterocycles. The van der Waals surface area contributed by atoms with Crippen molar-refractivity contribution in [2.45, 2.75) is 6.92 Å². The number of ether oxygens (including phenoxy) is 2. The molecule has 0 bridgehead atoms. The van der Waals surface area contributed by atoms with Gasteiger partial charge >= 0.3 is 0 Å². The van der Waals surface area contributed by atoms with Crippen molar-refractivity contribution in [3.8, 4) is 11.5 Å². The number of carbonyl (C=O) groups excluding carboxylic acids is 1. The van der Waals surface area contributed by atoms with Gasteiger partial charge in [0.05, 0.1) is 5.69 Å². The normalized spacial score (nSPS) is 10.0. The van der Waals surface area contributed by atoms with Crippen molar-refractivity contribution in [3.63, 3.8) is 0 Å². The van der Waals surface area contributed by atoms with Crippen LogP contribution in [0.5, 0.6) is 11.5 Å². The summed E-state index contributed by atoms with van der Waals surface area (Å²) in [7, 11) is 0. The van der Waals surface area contributed by atoms with Crippen LogP contribution in [0.15, 0.2) is 59.6 Å². The van der Waals surface area contributed by atoms with Crippen molar-refractivity contribution in [2.75, 3.05) is 18.5 Å². The molecule has 23 heavy (non-hydrogen) atoms. The maximum Gasteiger partial charge on any atom is 0.262 e. The van der Waals surface area contributed by atoms with Crippen molar-refractivity contribution in [3.05, 3.63) is 65.2 Å². The summed E-state index contributed by atoms with van der Waals surface area (Å²) in [6.07, 6.45) is 1.65. The van der Waals surface area contributed by atoms with Crippen LogP contribution < -0.4 is 14.8 Å². The van der Waals surface area contributed by atoms with Crippen LogP contribution >= 0.6 is 15.9 Å². The minimum absolute atomic E-state index is 0.0726. The third kappa shape index (κ3) is 5.14. The zero-order valence-corrected chi connectivity index (χ0v) is 14.4. The first-order chi connectivity index (χ1) is 11.1. The van der Waals surface area contributed by atoms with Crippen LogP contribution in [-0.4, -0.2) is 19.1 Å². The zero-order chi connectivity index (χ0) is 16.7. The lowest BCUT2D eigenvalue weighted by atomic mass is 10.2. The number of halogens is 1. The van der Waals surface area contributed by atoms with Crippen molar-refractivity contribution < 1.29 is 14.3 Å². The minimum atomic E-state index is -0.250. The Labute approximate surface area is 144 Å². The van der Waals surface area contributed by atoms with Crippen LogP contribution in [0.2, 0.25) is 0 Å². The van der Waals surface area contributed by atoms with Gasteiger partial charge in [0.25, 0.3) is 5.91 Å². The Morgan fingerprint density at radius 3 is 2.78 bits per heavy atom. The van der Waals surface area contributed by atoms with E-state index in [0.717, 1.165) is 10.0 Å². The summed E-state index contributed by atoms with van der Waals surface area (Å²) in [6, 6.07) is 12.8. The summed E-state index contributed by atoms with van der Waals surface area (Å²) >= 11 is 3.43. The predicted octanol–water partition coefficient (Wildman–Crippen LogP) is 4.34. The second-order valence-electron chi connectivity index (χ2n) is 4.84. The van der Waals surface area contributed by atoms with E-state index in [4.69, 9.17) is 9.47 Å². The van der Waals surface area contributed by atoms with Crippen LogP contribution in [0.1, 0.15) is 5.56 Å². The van der Waals surface area contributed by atoms with Gasteiger partial charge in [-0.15, -0.1) is 0 Å². The molecular formula is C18H18BrNO3. The molecule has 1 N–H and O–H groups in total. The van der Waals surface area contributed by atoms with Crippen molar-refractivity contribution >= 4 is 27.5 Å². The van der Waals surface area contributed by atoms with Gasteiger partial charge in [0.15, 0.2) is 6.61 Å². The topological polar surface area (TPSA) is 47.6 Å². The van der Waals surface area contributed by atoms with Gasteiger partial charge in [-0.2, -0.15) is 0 Å². The number of anilines is 1. The van der Waals surface area contributed by atoms with Gasteiger partial charge in [0, 0.05) is 4.47 Å². The van der Waals surface area contributed by atoms with Gasteiger partial charge in [-0.05, 0) is 42.8 Å². The second kappa shape index (κ2) is 8.39. The Hall–Kier alpha value is -2.27. The Kier molecular flexibility index (Phi) is 6.23. The number of hydrogen-bond acceptors (Lipinski definition) is 3. The Morgan fingerprint density at radius 1 is 1.26 bits per heavy atom. The molecule has 2 aromatic carbocycles. The first-order valence-electron chi connectivity index (χ1n) is 7.11. The number of amides is 1. The number of benzene rings is 2. The first-order valence-corrected chi connectivity index (χ1v) is 7.91. The summed E-state index contributed by atoms with van der Waals surface area (Å²) in [5.74, 6) is 0.998. The standard InChI is InChI=1S/C18H18BrNO3/c1-3-10-22-17-7-5-4-6-16(17)20-18(21)12-23-14-8-9-15(19)13(2)11-14/h3-9,11H,1,10,12H2,2H3,(H,20,21). The van der Waals surface area contributed by atoms with Crippen LogP contribution in [0.3, 0.4) is 0 Å². The lowest BCUT2D eigenvalue weighted by Gasteiger charge is -2.12. The third-order valence-corrected chi connectivity index (χ3v) is 3.91. The minimum Gasteiger partial charge on any atom is -0.487 e. The molecule has 120 valence electrons. The maximum absolute atomic E-state index is 12.0. The van der Waals surface area contributed by atoms with E-state index >= 15 is 0 Å². The van der Waals surface area contributed by atoms with E-state index in [-0.39, 0.29) is 12.5 Å². The summed E-state index contributed by atoms with van der Waals surface area (Å²) in [5.41, 5.74) is 1.65. The molecule has 5 heteroatoms. The molecule has 0 aliphatic rings. The molecule has 0 heterocycles. The van der Waals surface area contributed by atoms with E-state index in [1.54, 1.807) is 18.2 Å². The average Bonchev–Trinajstić information content (AvgIpc) is 2.55. The van der Waals surface area contributed by atoms with Gasteiger partial charge in [-0.25, -0.2) is 0 Å². The zero-order valence-electron chi connectivity index (χ0n) is 12.8. The highest BCUT2D eigenvalue weighted by molar-refractivity contribution is 9.10. The highest BCUT2D eigenvalue weighted by atomic mass is 79.9. The van der Waals surface area contributed by atoms with Crippen LogP contribution in [0.25, 0.3) is 0 Å². The number of aryl methyl sites for hydroxylation is 1. The summed E-state index contributed by atoms with van der Waals surface area (Å²) in [6.45, 7) is 5.87. The van der Waals surface area contributed by atoms with E-state index in [1.807, 2.05) is 37.3 Å². The molecule has 4 nitrogen and oxygen atoms in total. The molecule has 0 atom stereocenters. The molecule has 0 radical (unpaired) electrons. The van der Waals surface area contributed by atoms with E-state index < -0.39 is 0 Å². The Morgan fingerprint density at radius 2 is 2.04 bits per heavy atom. The molecule has 0 fully saturated rings. The van der Waals surface area contributed by atoms with Gasteiger partial charge in [-0.3, -0.25) is 4.79 Å². The Bertz CT molecular complexity index is 700. The highest BCUT2D eigenvalue weighted by Crippen LogP contribution is 2.24. The molecule has 0 unspecified atom stereocenters. The van der Waals surface area contributed by atoms with E-state index in [9.17, 15) is 4.79 Å². The summed E-state index contributed by atoms with van der Waals surface area (Å²) in [4.78, 5) is 12.0. The number of hydrogen-bond donors (Lipinski definition) is 1. The molecule has 2 rings (SSSR count). The molecule has 0 aliphatic heterocycles. The molecule has 0 spiro atoms. The van der Waals surface area contributed by atoms with Crippen LogP contribution in [-0.2, 0) is 4.79 Å². The maximum atomic E-state index is 12.0. The van der Waals surface area contributed by atoms with Crippen LogP contribution in [0.4, 0.5) is 5.69 Å². The number of carbonyl (C=O) groups is 1. The SMILES string of the molecule is C=CCOc1ccccc1NC(=O)COc1ccc(Br)c(C)c1. The second-order valence-corrected chi connectivity index (χ2v) is 5.70. The largest absolute Gasteiger partial charge is 0.487 e. The highest BCUT2D eigenvalue weighted by Gasteiger charge is 2.08. The monoisotopic (exact) mass is 375 g/mol. The van der Waals surface area contributed by atoms with Gasteiger partial charge in [-0.1, -0.05) is 40.7 Å². The van der Waals surface area contributed by atoms with Gasteiger partial charge in [0.2, 0.25) is 0 Å². The lowest BCUT2D eigenvalue weighted by Crippen LogP contribution is -2.20. The van der Waals surface area contributed by atoms with E-state index in [0.29, 0.717) is 23.8 Å². The number of rotatable bonds is 7. The van der Waals surface area contributed by atoms with Crippen molar-refractivity contribution in [2.24, 2.45) is 0 Å². The summed E-state index contributed by atoms with van der Waals surface area (Å²) in [5, 5.41) is 2.78. The fraction of sp³-hybridized carbons (Fsp3) is 0.167. The van der Waals surface area contributed by atoms with Crippen molar-refractivity contribution in [1.82, 2.24) is 0 Å². The molecule has 0 saturated carbocycles. The predicted molar refractivity (Wildman–Crippen MR) is 95.1 cm³/mol. The molecule has 1 amide bonds. The average molecular weight is 376 g/mol. The molecule has 0 saturated heterocycles.